The van der Waals surface area contributed by atoms with E-state index in [1.807, 2.05) is 7.11 Å². The van der Waals surface area contributed by atoms with Crippen LogP contribution in [0.1, 0.15) is 32.1 Å². The molecule has 0 aliphatic carbocycles. The highest BCUT2D eigenvalue weighted by atomic mass is 16.5. The molecule has 4 heteroatoms. The summed E-state index contributed by atoms with van der Waals surface area (Å²) in [6.45, 7) is 8.02. The number of hydrogen-bond acceptors (Lipinski definition) is 4. The number of nitrogens with zero attached hydrogens (tertiary/aromatic N) is 2. The molecular weight excluding hydrogens is 252 g/mol. The van der Waals surface area contributed by atoms with Gasteiger partial charge in [-0.05, 0) is 51.1 Å². The van der Waals surface area contributed by atoms with Crippen LogP contribution in [0.15, 0.2) is 0 Å². The molecule has 3 rings (SSSR count). The van der Waals surface area contributed by atoms with Crippen molar-refractivity contribution in [3.8, 4) is 0 Å². The van der Waals surface area contributed by atoms with Crippen molar-refractivity contribution in [2.75, 3.05) is 53.1 Å². The molecule has 116 valence electrons. The minimum atomic E-state index is 0.688. The second-order valence-electron chi connectivity index (χ2n) is 6.76. The molecule has 0 spiro atoms. The van der Waals surface area contributed by atoms with Crippen LogP contribution >= 0.6 is 0 Å². The Morgan fingerprint density at radius 2 is 1.95 bits per heavy atom. The molecule has 20 heavy (non-hydrogen) atoms. The van der Waals surface area contributed by atoms with Gasteiger partial charge in [0.1, 0.15) is 0 Å². The van der Waals surface area contributed by atoms with Gasteiger partial charge in [0.25, 0.3) is 0 Å². The van der Waals surface area contributed by atoms with Gasteiger partial charge in [-0.25, -0.2) is 0 Å². The van der Waals surface area contributed by atoms with Gasteiger partial charge >= 0.3 is 0 Å². The highest BCUT2D eigenvalue weighted by Gasteiger charge is 2.39. The van der Waals surface area contributed by atoms with Gasteiger partial charge in [-0.3, -0.25) is 4.90 Å². The molecule has 4 nitrogen and oxygen atoms in total. The summed E-state index contributed by atoms with van der Waals surface area (Å²) in [6.07, 6.45) is 6.56. The van der Waals surface area contributed by atoms with Crippen LogP contribution in [0, 0.1) is 5.92 Å². The molecule has 0 unspecified atom stereocenters. The molecule has 0 bridgehead atoms. The molecule has 0 saturated carbocycles. The number of ether oxygens (including phenoxy) is 2. The number of rotatable bonds is 4. The molecule has 2 atom stereocenters. The van der Waals surface area contributed by atoms with Crippen LogP contribution in [-0.4, -0.2) is 75.0 Å². The minimum absolute atomic E-state index is 0.688. The zero-order valence-electron chi connectivity index (χ0n) is 12.9. The van der Waals surface area contributed by atoms with Gasteiger partial charge in [0.05, 0.1) is 6.61 Å². The van der Waals surface area contributed by atoms with Crippen LogP contribution in [0.2, 0.25) is 0 Å². The van der Waals surface area contributed by atoms with Crippen molar-refractivity contribution in [1.29, 1.82) is 0 Å². The third-order valence-electron chi connectivity index (χ3n) is 5.31. The van der Waals surface area contributed by atoms with Gasteiger partial charge in [-0.2, -0.15) is 0 Å². The predicted octanol–water partition coefficient (Wildman–Crippen LogP) is 1.60. The van der Waals surface area contributed by atoms with Crippen molar-refractivity contribution < 1.29 is 9.47 Å². The Morgan fingerprint density at radius 1 is 1.15 bits per heavy atom. The Bertz CT molecular complexity index is 294. The number of hydrogen-bond donors (Lipinski definition) is 0. The standard InChI is InChI=1S/C16H30N2O2/c1-19-13-16-10-15-12-17(6-2-3-7-18(15)16)11-14-4-8-20-9-5-14/h14-16H,2-13H2,1H3/t15-,16+/m1/s1. The van der Waals surface area contributed by atoms with E-state index in [1.54, 1.807) is 0 Å². The Hall–Kier alpha value is -0.160. The average molecular weight is 282 g/mol. The Morgan fingerprint density at radius 3 is 2.75 bits per heavy atom. The van der Waals surface area contributed by atoms with E-state index in [9.17, 15) is 0 Å². The lowest BCUT2D eigenvalue weighted by Gasteiger charge is -2.51. The van der Waals surface area contributed by atoms with Gasteiger partial charge in [0.15, 0.2) is 0 Å². The van der Waals surface area contributed by atoms with E-state index in [0.29, 0.717) is 6.04 Å². The van der Waals surface area contributed by atoms with Crippen LogP contribution in [0.4, 0.5) is 0 Å². The van der Waals surface area contributed by atoms with Gasteiger partial charge in [0.2, 0.25) is 0 Å². The molecule has 3 saturated heterocycles. The van der Waals surface area contributed by atoms with Crippen LogP contribution in [-0.2, 0) is 9.47 Å². The lowest BCUT2D eigenvalue weighted by Crippen LogP contribution is -2.62. The molecule has 0 radical (unpaired) electrons. The normalized spacial score (nSPS) is 34.0. The summed E-state index contributed by atoms with van der Waals surface area (Å²) in [6, 6.07) is 1.48. The van der Waals surface area contributed by atoms with Crippen molar-refractivity contribution in [3.05, 3.63) is 0 Å². The fraction of sp³-hybridized carbons (Fsp3) is 1.00. The first-order valence-corrected chi connectivity index (χ1v) is 8.41. The summed E-state index contributed by atoms with van der Waals surface area (Å²) in [5.74, 6) is 0.867. The van der Waals surface area contributed by atoms with Gasteiger partial charge < -0.3 is 14.4 Å². The molecular formula is C16H30N2O2. The van der Waals surface area contributed by atoms with Crippen molar-refractivity contribution >= 4 is 0 Å². The zero-order valence-corrected chi connectivity index (χ0v) is 12.9. The molecule has 0 aromatic heterocycles. The third kappa shape index (κ3) is 3.53. The largest absolute Gasteiger partial charge is 0.383 e. The minimum Gasteiger partial charge on any atom is -0.383 e. The SMILES string of the molecule is COC[C@@H]1C[C@@H]2CN(CC3CCOCC3)CCCCN12. The van der Waals surface area contributed by atoms with Crippen LogP contribution in [0.3, 0.4) is 0 Å². The predicted molar refractivity (Wildman–Crippen MR) is 80.0 cm³/mol. The molecule has 3 aliphatic heterocycles. The maximum absolute atomic E-state index is 5.48. The van der Waals surface area contributed by atoms with Crippen molar-refractivity contribution in [1.82, 2.24) is 9.80 Å². The molecule has 0 amide bonds. The van der Waals surface area contributed by atoms with E-state index in [4.69, 9.17) is 9.47 Å². The topological polar surface area (TPSA) is 24.9 Å². The fourth-order valence-electron chi connectivity index (χ4n) is 4.12. The van der Waals surface area contributed by atoms with Crippen LogP contribution in [0.25, 0.3) is 0 Å². The van der Waals surface area contributed by atoms with E-state index in [2.05, 4.69) is 9.80 Å². The van der Waals surface area contributed by atoms with Crippen molar-refractivity contribution in [2.45, 2.75) is 44.2 Å². The van der Waals surface area contributed by atoms with E-state index in [0.717, 1.165) is 31.8 Å². The van der Waals surface area contributed by atoms with E-state index in [-0.39, 0.29) is 0 Å². The van der Waals surface area contributed by atoms with Gasteiger partial charge in [0, 0.05) is 45.5 Å². The zero-order chi connectivity index (χ0) is 13.8. The summed E-state index contributed by atoms with van der Waals surface area (Å²) < 4.78 is 10.8. The van der Waals surface area contributed by atoms with E-state index >= 15 is 0 Å². The Labute approximate surface area is 123 Å². The Balaban J connectivity index is 1.49. The number of methoxy groups -OCH3 is 1. The monoisotopic (exact) mass is 282 g/mol. The maximum Gasteiger partial charge on any atom is 0.0618 e. The molecule has 3 aliphatic rings. The summed E-state index contributed by atoms with van der Waals surface area (Å²) in [5.41, 5.74) is 0. The summed E-state index contributed by atoms with van der Waals surface area (Å²) >= 11 is 0. The smallest absolute Gasteiger partial charge is 0.0618 e. The van der Waals surface area contributed by atoms with Gasteiger partial charge in [-0.1, -0.05) is 0 Å². The first-order valence-electron chi connectivity index (χ1n) is 8.41. The average Bonchev–Trinajstić information content (AvgIpc) is 2.44. The first kappa shape index (κ1) is 14.8. The first-order chi connectivity index (χ1) is 9.86. The summed E-state index contributed by atoms with van der Waals surface area (Å²) in [4.78, 5) is 5.43. The highest BCUT2D eigenvalue weighted by Crippen LogP contribution is 2.29. The van der Waals surface area contributed by atoms with Crippen molar-refractivity contribution in [2.24, 2.45) is 5.92 Å². The second-order valence-corrected chi connectivity index (χ2v) is 6.76. The highest BCUT2D eigenvalue weighted by molar-refractivity contribution is 4.95. The Kier molecular flexibility index (Phi) is 5.32. The lowest BCUT2D eigenvalue weighted by molar-refractivity contribution is -0.0530. The summed E-state index contributed by atoms with van der Waals surface area (Å²) in [7, 11) is 1.83. The molecule has 3 fully saturated rings. The van der Waals surface area contributed by atoms with Gasteiger partial charge in [-0.15, -0.1) is 0 Å². The summed E-state index contributed by atoms with van der Waals surface area (Å²) in [5, 5.41) is 0. The fourth-order valence-corrected chi connectivity index (χ4v) is 4.12. The third-order valence-corrected chi connectivity index (χ3v) is 5.31. The molecule has 3 heterocycles. The number of fused-ring (bicyclic) bond motifs is 1. The molecule has 0 aromatic rings. The van der Waals surface area contributed by atoms with E-state index in [1.165, 1.54) is 58.3 Å². The van der Waals surface area contributed by atoms with Crippen molar-refractivity contribution in [3.63, 3.8) is 0 Å². The second kappa shape index (κ2) is 7.21. The molecule has 0 N–H and O–H groups in total. The van der Waals surface area contributed by atoms with Crippen LogP contribution in [0.5, 0.6) is 0 Å². The lowest BCUT2D eigenvalue weighted by atomic mass is 9.90. The molecule has 0 aromatic carbocycles. The maximum atomic E-state index is 5.48. The quantitative estimate of drug-likeness (QED) is 0.782. The van der Waals surface area contributed by atoms with E-state index < -0.39 is 0 Å². The van der Waals surface area contributed by atoms with Crippen LogP contribution < -0.4 is 0 Å².